The zero-order valence-corrected chi connectivity index (χ0v) is 12.2. The minimum Gasteiger partial charge on any atom is -0.312 e. The molecular formula is C13H9F4N3O2S. The third-order valence-electron chi connectivity index (χ3n) is 3.42. The molecule has 1 atom stereocenters. The molecule has 2 amide bonds. The Kier molecular flexibility index (Phi) is 3.58. The van der Waals surface area contributed by atoms with Gasteiger partial charge < -0.3 is 5.32 Å². The highest BCUT2D eigenvalue weighted by atomic mass is 32.2. The zero-order chi connectivity index (χ0) is 16.8. The molecule has 3 rings (SSSR count). The maximum Gasteiger partial charge on any atom is 0.442 e. The normalized spacial score (nSPS) is 23.7. The molecule has 2 aliphatic heterocycles. The molecule has 23 heavy (non-hydrogen) atoms. The third kappa shape index (κ3) is 2.37. The molecule has 2 aliphatic rings. The van der Waals surface area contributed by atoms with E-state index in [2.05, 4.69) is 4.99 Å². The van der Waals surface area contributed by atoms with Crippen LogP contribution in [0, 0.1) is 5.82 Å². The summed E-state index contributed by atoms with van der Waals surface area (Å²) in [4.78, 5) is 28.5. The predicted octanol–water partition coefficient (Wildman–Crippen LogP) is 1.76. The maximum absolute atomic E-state index is 13.6. The second kappa shape index (κ2) is 5.22. The van der Waals surface area contributed by atoms with Crippen molar-refractivity contribution in [2.24, 2.45) is 4.99 Å². The van der Waals surface area contributed by atoms with Gasteiger partial charge in [-0.1, -0.05) is 23.9 Å². The maximum atomic E-state index is 13.6. The van der Waals surface area contributed by atoms with Crippen molar-refractivity contribution < 1.29 is 27.2 Å². The smallest absolute Gasteiger partial charge is 0.312 e. The number of carbonyl (C=O) groups excluding carboxylic acids is 2. The van der Waals surface area contributed by atoms with Crippen molar-refractivity contribution in [1.82, 2.24) is 10.2 Å². The number of alkyl halides is 3. The van der Waals surface area contributed by atoms with E-state index < -0.39 is 35.0 Å². The first-order chi connectivity index (χ1) is 10.8. The second-order valence-corrected chi connectivity index (χ2v) is 5.90. The van der Waals surface area contributed by atoms with Crippen LogP contribution in [0.1, 0.15) is 10.4 Å². The first-order valence-electron chi connectivity index (χ1n) is 6.44. The molecule has 5 nitrogen and oxygen atoms in total. The average molecular weight is 347 g/mol. The van der Waals surface area contributed by atoms with Crippen molar-refractivity contribution in [3.63, 3.8) is 0 Å². The molecule has 1 N–H and O–H groups in total. The Morgan fingerprint density at radius 1 is 1.35 bits per heavy atom. The summed E-state index contributed by atoms with van der Waals surface area (Å²) in [6, 6.07) is 4.55. The topological polar surface area (TPSA) is 61.8 Å². The Bertz CT molecular complexity index is 721. The van der Waals surface area contributed by atoms with Crippen molar-refractivity contribution in [3.8, 4) is 0 Å². The van der Waals surface area contributed by atoms with Crippen LogP contribution in [-0.2, 0) is 4.79 Å². The first kappa shape index (κ1) is 15.8. The summed E-state index contributed by atoms with van der Waals surface area (Å²) in [5.74, 6) is -3.30. The molecule has 1 aromatic rings. The monoisotopic (exact) mass is 347 g/mol. The van der Waals surface area contributed by atoms with Gasteiger partial charge in [0.05, 0.1) is 5.56 Å². The summed E-state index contributed by atoms with van der Waals surface area (Å²) < 4.78 is 54.0. The molecule has 0 aliphatic carbocycles. The van der Waals surface area contributed by atoms with Gasteiger partial charge in [0.1, 0.15) is 5.82 Å². The summed E-state index contributed by atoms with van der Waals surface area (Å²) in [6.07, 6.45) is -5.15. The Morgan fingerprint density at radius 2 is 2.04 bits per heavy atom. The van der Waals surface area contributed by atoms with Crippen LogP contribution in [0.5, 0.6) is 0 Å². The molecule has 0 radical (unpaired) electrons. The van der Waals surface area contributed by atoms with Crippen LogP contribution in [0.25, 0.3) is 0 Å². The number of nitrogens with zero attached hydrogens (tertiary/aromatic N) is 2. The van der Waals surface area contributed by atoms with Crippen LogP contribution >= 0.6 is 11.8 Å². The van der Waals surface area contributed by atoms with Gasteiger partial charge in [0.2, 0.25) is 0 Å². The van der Waals surface area contributed by atoms with E-state index >= 15 is 0 Å². The number of rotatable bonds is 2. The van der Waals surface area contributed by atoms with Crippen molar-refractivity contribution in [3.05, 3.63) is 35.6 Å². The van der Waals surface area contributed by atoms with E-state index in [1.807, 2.05) is 0 Å². The molecule has 0 aromatic heterocycles. The van der Waals surface area contributed by atoms with E-state index in [1.165, 1.54) is 12.1 Å². The minimum atomic E-state index is -5.15. The van der Waals surface area contributed by atoms with Gasteiger partial charge >= 0.3 is 11.8 Å². The summed E-state index contributed by atoms with van der Waals surface area (Å²) in [6.45, 7) is 0.0791. The lowest BCUT2D eigenvalue weighted by Crippen LogP contribution is -2.63. The Morgan fingerprint density at radius 3 is 2.65 bits per heavy atom. The van der Waals surface area contributed by atoms with Gasteiger partial charge in [0.15, 0.2) is 5.17 Å². The largest absolute Gasteiger partial charge is 0.442 e. The molecule has 2 heterocycles. The highest BCUT2D eigenvalue weighted by Crippen LogP contribution is 2.41. The number of hydrogen-bond acceptors (Lipinski definition) is 4. The summed E-state index contributed by atoms with van der Waals surface area (Å²) in [7, 11) is 0. The number of thioether (sulfide) groups is 1. The highest BCUT2D eigenvalue weighted by molar-refractivity contribution is 8.14. The number of benzene rings is 1. The molecule has 0 unspecified atom stereocenters. The molecule has 0 spiro atoms. The van der Waals surface area contributed by atoms with Crippen LogP contribution in [-0.4, -0.2) is 46.0 Å². The summed E-state index contributed by atoms with van der Waals surface area (Å²) in [5, 5.41) is 1.48. The number of aliphatic imine (C=N–C) groups is 1. The van der Waals surface area contributed by atoms with Crippen LogP contribution in [0.3, 0.4) is 0 Å². The first-order valence-corrected chi connectivity index (χ1v) is 7.43. The van der Waals surface area contributed by atoms with E-state index in [4.69, 9.17) is 0 Å². The number of hydrogen-bond donors (Lipinski definition) is 1. The molecule has 1 saturated heterocycles. The third-order valence-corrected chi connectivity index (χ3v) is 4.37. The molecule has 10 heteroatoms. The standard InChI is InChI=1S/C13H9F4N3O2S/c14-8-4-2-1-3-7(8)9(21)18-12(13(15,16)17)10(22)20-5-6-23-11(20)19-12/h1-4H,5-6H2,(H,18,21)/t12-/m0/s1. The fourth-order valence-corrected chi connectivity index (χ4v) is 3.27. The number of amidine groups is 1. The van der Waals surface area contributed by atoms with Gasteiger partial charge in [-0.25, -0.2) is 9.38 Å². The van der Waals surface area contributed by atoms with Crippen molar-refractivity contribution in [1.29, 1.82) is 0 Å². The van der Waals surface area contributed by atoms with E-state index in [1.54, 1.807) is 5.32 Å². The highest BCUT2D eigenvalue weighted by Gasteiger charge is 2.67. The number of halogens is 4. The zero-order valence-electron chi connectivity index (χ0n) is 11.4. The molecule has 0 bridgehead atoms. The number of nitrogens with one attached hydrogen (secondary N) is 1. The van der Waals surface area contributed by atoms with Gasteiger partial charge in [-0.05, 0) is 12.1 Å². The van der Waals surface area contributed by atoms with E-state index in [9.17, 15) is 27.2 Å². The van der Waals surface area contributed by atoms with Crippen LogP contribution < -0.4 is 5.32 Å². The SMILES string of the molecule is O=C(N[C@]1(C(F)(F)F)N=C2SCCN2C1=O)c1ccccc1F. The van der Waals surface area contributed by atoms with Gasteiger partial charge in [-0.3, -0.25) is 14.5 Å². The molecule has 1 aromatic carbocycles. The van der Waals surface area contributed by atoms with Gasteiger partial charge in [-0.15, -0.1) is 0 Å². The molecule has 122 valence electrons. The van der Waals surface area contributed by atoms with E-state index in [0.29, 0.717) is 5.75 Å². The van der Waals surface area contributed by atoms with Crippen LogP contribution in [0.15, 0.2) is 29.3 Å². The van der Waals surface area contributed by atoms with Gasteiger partial charge in [-0.2, -0.15) is 13.2 Å². The van der Waals surface area contributed by atoms with Crippen LogP contribution in [0.2, 0.25) is 0 Å². The number of carbonyl (C=O) groups is 2. The van der Waals surface area contributed by atoms with Crippen LogP contribution in [0.4, 0.5) is 17.6 Å². The lowest BCUT2D eigenvalue weighted by Gasteiger charge is -2.28. The summed E-state index contributed by atoms with van der Waals surface area (Å²) in [5.41, 5.74) is -4.00. The fraction of sp³-hybridized carbons (Fsp3) is 0.308. The summed E-state index contributed by atoms with van der Waals surface area (Å²) >= 11 is 0.991. The Balaban J connectivity index is 2.00. The van der Waals surface area contributed by atoms with E-state index in [-0.39, 0.29) is 11.7 Å². The second-order valence-electron chi connectivity index (χ2n) is 4.84. The number of fused-ring (bicyclic) bond motifs is 1. The number of amides is 2. The van der Waals surface area contributed by atoms with Crippen molar-refractivity contribution in [2.75, 3.05) is 12.3 Å². The van der Waals surface area contributed by atoms with Gasteiger partial charge in [0, 0.05) is 12.3 Å². The lowest BCUT2D eigenvalue weighted by molar-refractivity contribution is -0.196. The minimum absolute atomic E-state index is 0.0791. The molecule has 0 saturated carbocycles. The lowest BCUT2D eigenvalue weighted by atomic mass is 10.1. The van der Waals surface area contributed by atoms with Gasteiger partial charge in [0.25, 0.3) is 11.8 Å². The molecular weight excluding hydrogens is 338 g/mol. The van der Waals surface area contributed by atoms with Crippen molar-refractivity contribution >= 4 is 28.7 Å². The van der Waals surface area contributed by atoms with E-state index in [0.717, 1.165) is 28.8 Å². The fourth-order valence-electron chi connectivity index (χ4n) is 2.28. The van der Waals surface area contributed by atoms with Crippen molar-refractivity contribution in [2.45, 2.75) is 11.8 Å². The average Bonchev–Trinajstić information content (AvgIpc) is 3.01. The Labute approximate surface area is 131 Å². The molecule has 1 fully saturated rings. The predicted molar refractivity (Wildman–Crippen MR) is 74.3 cm³/mol. The quantitative estimate of drug-likeness (QED) is 0.830. The Hall–Kier alpha value is -2.10.